The van der Waals surface area contributed by atoms with Gasteiger partial charge < -0.3 is 10.6 Å². The molecule has 0 aliphatic carbocycles. The zero-order valence-electron chi connectivity index (χ0n) is 17.7. The molecule has 0 bridgehead atoms. The first-order chi connectivity index (χ1) is 14.7. The van der Waals surface area contributed by atoms with Gasteiger partial charge in [0.1, 0.15) is 12.1 Å². The third-order valence-corrected chi connectivity index (χ3v) is 6.21. The number of amides is 4. The normalized spacial score (nSPS) is 19.3. The van der Waals surface area contributed by atoms with Crippen LogP contribution in [0.25, 0.3) is 0 Å². The van der Waals surface area contributed by atoms with Crippen LogP contribution in [0.2, 0.25) is 10.0 Å². The van der Waals surface area contributed by atoms with E-state index in [4.69, 9.17) is 23.2 Å². The van der Waals surface area contributed by atoms with Crippen molar-refractivity contribution >= 4 is 41.0 Å². The first-order valence-electron chi connectivity index (χ1n) is 10.1. The molecule has 2 N–H and O–H groups in total. The maximum atomic E-state index is 13.1. The van der Waals surface area contributed by atoms with Crippen LogP contribution in [0.15, 0.2) is 42.5 Å². The fraction of sp³-hybridized carbons (Fsp3) is 0.348. The summed E-state index contributed by atoms with van der Waals surface area (Å²) in [6, 6.07) is 11.7. The lowest BCUT2D eigenvalue weighted by atomic mass is 9.91. The van der Waals surface area contributed by atoms with Crippen LogP contribution in [0.1, 0.15) is 49.9 Å². The molecule has 0 unspecified atom stereocenters. The minimum atomic E-state index is -1.21. The molecular weight excluding hydrogens is 437 g/mol. The van der Waals surface area contributed by atoms with E-state index in [2.05, 4.69) is 17.6 Å². The summed E-state index contributed by atoms with van der Waals surface area (Å²) in [6.45, 7) is 5.16. The molecule has 3 rings (SSSR count). The van der Waals surface area contributed by atoms with Crippen molar-refractivity contribution in [3.05, 3.63) is 69.2 Å². The Morgan fingerprint density at radius 2 is 1.81 bits per heavy atom. The van der Waals surface area contributed by atoms with Gasteiger partial charge in [0, 0.05) is 0 Å². The lowest BCUT2D eigenvalue weighted by molar-refractivity contribution is -0.135. The Morgan fingerprint density at radius 3 is 2.42 bits per heavy atom. The maximum absolute atomic E-state index is 13.1. The topological polar surface area (TPSA) is 78.5 Å². The van der Waals surface area contributed by atoms with E-state index < -0.39 is 23.4 Å². The quantitative estimate of drug-likeness (QED) is 0.591. The van der Waals surface area contributed by atoms with Crippen molar-refractivity contribution in [2.75, 3.05) is 6.54 Å². The van der Waals surface area contributed by atoms with E-state index in [9.17, 15) is 14.4 Å². The number of hydrogen-bond acceptors (Lipinski definition) is 3. The Bertz CT molecular complexity index is 1010. The molecule has 6 nitrogen and oxygen atoms in total. The molecule has 0 radical (unpaired) electrons. The van der Waals surface area contributed by atoms with Crippen molar-refractivity contribution in [3.63, 3.8) is 0 Å². The number of nitrogens with one attached hydrogen (secondary N) is 2. The average Bonchev–Trinajstić information content (AvgIpc) is 2.94. The number of imide groups is 1. The van der Waals surface area contributed by atoms with Crippen LogP contribution < -0.4 is 10.6 Å². The van der Waals surface area contributed by atoms with Gasteiger partial charge >= 0.3 is 6.03 Å². The number of hydrogen-bond donors (Lipinski definition) is 2. The highest BCUT2D eigenvalue weighted by atomic mass is 35.5. The summed E-state index contributed by atoms with van der Waals surface area (Å²) in [4.78, 5) is 39.0. The summed E-state index contributed by atoms with van der Waals surface area (Å²) in [5, 5.41) is 6.32. The summed E-state index contributed by atoms with van der Waals surface area (Å²) in [5.41, 5.74) is 1.39. The SMILES string of the molecule is CCCc1ccc([C@]2(C)NC(=O)N(CC(=O)N[C@@H](C)c3ccc(Cl)c(Cl)c3)C2=O)cc1. The highest BCUT2D eigenvalue weighted by Gasteiger charge is 2.49. The molecule has 164 valence electrons. The van der Waals surface area contributed by atoms with Gasteiger partial charge in [-0.3, -0.25) is 14.5 Å². The molecular formula is C23H25Cl2N3O3. The third kappa shape index (κ3) is 4.86. The summed E-state index contributed by atoms with van der Waals surface area (Å²) in [6.07, 6.45) is 1.97. The molecule has 1 aliphatic rings. The summed E-state index contributed by atoms with van der Waals surface area (Å²) >= 11 is 12.0. The van der Waals surface area contributed by atoms with E-state index in [0.29, 0.717) is 15.6 Å². The second kappa shape index (κ2) is 9.28. The molecule has 1 heterocycles. The van der Waals surface area contributed by atoms with Gasteiger partial charge in [-0.25, -0.2) is 4.79 Å². The molecule has 4 amide bonds. The molecule has 1 saturated heterocycles. The van der Waals surface area contributed by atoms with E-state index >= 15 is 0 Å². The second-order valence-electron chi connectivity index (χ2n) is 7.86. The van der Waals surface area contributed by atoms with Gasteiger partial charge in [0.2, 0.25) is 5.91 Å². The summed E-state index contributed by atoms with van der Waals surface area (Å²) in [7, 11) is 0. The molecule has 2 atom stereocenters. The van der Waals surface area contributed by atoms with Crippen molar-refractivity contribution in [1.29, 1.82) is 0 Å². The minimum absolute atomic E-state index is 0.375. The highest BCUT2D eigenvalue weighted by Crippen LogP contribution is 2.29. The predicted molar refractivity (Wildman–Crippen MR) is 121 cm³/mol. The Morgan fingerprint density at radius 1 is 1.13 bits per heavy atom. The molecule has 0 saturated carbocycles. The number of carbonyl (C=O) groups is 3. The number of rotatable bonds is 7. The zero-order valence-corrected chi connectivity index (χ0v) is 19.2. The number of benzene rings is 2. The van der Waals surface area contributed by atoms with E-state index in [1.807, 2.05) is 24.3 Å². The van der Waals surface area contributed by atoms with Crippen molar-refractivity contribution in [1.82, 2.24) is 15.5 Å². The molecule has 2 aromatic rings. The minimum Gasteiger partial charge on any atom is -0.348 e. The van der Waals surface area contributed by atoms with Crippen LogP contribution in [0, 0.1) is 0 Å². The van der Waals surface area contributed by atoms with Gasteiger partial charge in [-0.2, -0.15) is 0 Å². The van der Waals surface area contributed by atoms with Gasteiger partial charge in [-0.15, -0.1) is 0 Å². The fourth-order valence-electron chi connectivity index (χ4n) is 3.63. The Balaban J connectivity index is 1.68. The van der Waals surface area contributed by atoms with Gasteiger partial charge in [0.25, 0.3) is 5.91 Å². The van der Waals surface area contributed by atoms with E-state index in [-0.39, 0.29) is 12.6 Å². The zero-order chi connectivity index (χ0) is 22.8. The van der Waals surface area contributed by atoms with Crippen LogP contribution in [0.5, 0.6) is 0 Å². The number of urea groups is 1. The lowest BCUT2D eigenvalue weighted by Gasteiger charge is -2.23. The van der Waals surface area contributed by atoms with Crippen LogP contribution >= 0.6 is 23.2 Å². The van der Waals surface area contributed by atoms with Gasteiger partial charge in [-0.05, 0) is 49.1 Å². The largest absolute Gasteiger partial charge is 0.348 e. The maximum Gasteiger partial charge on any atom is 0.325 e. The molecule has 1 fully saturated rings. The Labute approximate surface area is 191 Å². The van der Waals surface area contributed by atoms with Crippen molar-refractivity contribution in [3.8, 4) is 0 Å². The third-order valence-electron chi connectivity index (χ3n) is 5.47. The summed E-state index contributed by atoms with van der Waals surface area (Å²) < 4.78 is 0. The van der Waals surface area contributed by atoms with E-state index in [0.717, 1.165) is 23.3 Å². The first kappa shape index (κ1) is 23.1. The summed E-state index contributed by atoms with van der Waals surface area (Å²) in [5.74, 6) is -0.914. The molecule has 0 spiro atoms. The Hall–Kier alpha value is -2.57. The highest BCUT2D eigenvalue weighted by molar-refractivity contribution is 6.42. The molecule has 31 heavy (non-hydrogen) atoms. The second-order valence-corrected chi connectivity index (χ2v) is 8.67. The van der Waals surface area contributed by atoms with Crippen molar-refractivity contribution in [2.45, 2.75) is 45.2 Å². The van der Waals surface area contributed by atoms with Crippen LogP contribution in [-0.4, -0.2) is 29.3 Å². The smallest absolute Gasteiger partial charge is 0.325 e. The lowest BCUT2D eigenvalue weighted by Crippen LogP contribution is -2.43. The van der Waals surface area contributed by atoms with Gasteiger partial charge in [0.05, 0.1) is 16.1 Å². The predicted octanol–water partition coefficient (Wildman–Crippen LogP) is 4.59. The number of halogens is 2. The molecule has 8 heteroatoms. The van der Waals surface area contributed by atoms with Crippen molar-refractivity contribution in [2.24, 2.45) is 0 Å². The average molecular weight is 462 g/mol. The van der Waals surface area contributed by atoms with Crippen LogP contribution in [0.3, 0.4) is 0 Å². The van der Waals surface area contributed by atoms with Crippen molar-refractivity contribution < 1.29 is 14.4 Å². The van der Waals surface area contributed by atoms with Crippen LogP contribution in [0.4, 0.5) is 4.79 Å². The Kier molecular flexibility index (Phi) is 6.92. The number of carbonyl (C=O) groups excluding carboxylic acids is 3. The van der Waals surface area contributed by atoms with Gasteiger partial charge in [-0.1, -0.05) is 66.9 Å². The first-order valence-corrected chi connectivity index (χ1v) is 10.9. The van der Waals surface area contributed by atoms with Gasteiger partial charge in [0.15, 0.2) is 0 Å². The number of nitrogens with zero attached hydrogens (tertiary/aromatic N) is 1. The fourth-order valence-corrected chi connectivity index (χ4v) is 3.93. The standard InChI is InChI=1S/C23H25Cl2N3O3/c1-4-5-15-6-9-17(10-7-15)23(3)21(30)28(22(31)27-23)13-20(29)26-14(2)16-8-11-18(24)19(25)12-16/h6-12,14H,4-5,13H2,1-3H3,(H,26,29)(H,27,31)/t14-,23-/m0/s1. The molecule has 2 aromatic carbocycles. The van der Waals surface area contributed by atoms with Crippen LogP contribution in [-0.2, 0) is 21.5 Å². The molecule has 1 aliphatic heterocycles. The van der Waals surface area contributed by atoms with E-state index in [1.54, 1.807) is 32.0 Å². The van der Waals surface area contributed by atoms with E-state index in [1.165, 1.54) is 5.56 Å². The monoisotopic (exact) mass is 461 g/mol. The molecule has 0 aromatic heterocycles. The number of aryl methyl sites for hydroxylation is 1.